The smallest absolute Gasteiger partial charge is 0.125 e. The molecule has 1 atom stereocenters. The molecule has 0 aliphatic heterocycles. The number of hydrogen-bond acceptors (Lipinski definition) is 2. The molecule has 1 saturated carbocycles. The van der Waals surface area contributed by atoms with Crippen LogP contribution < -0.4 is 5.32 Å². The molecule has 1 aromatic rings. The van der Waals surface area contributed by atoms with Crippen molar-refractivity contribution >= 4 is 0 Å². The van der Waals surface area contributed by atoms with Gasteiger partial charge in [0, 0.05) is 19.4 Å². The zero-order chi connectivity index (χ0) is 14.5. The lowest BCUT2D eigenvalue weighted by atomic mass is 9.74. The first-order chi connectivity index (χ1) is 9.63. The van der Waals surface area contributed by atoms with E-state index >= 15 is 0 Å². The average Bonchev–Trinajstić information content (AvgIpc) is 2.86. The van der Waals surface area contributed by atoms with Crippen LogP contribution in [0, 0.1) is 17.8 Å². The van der Waals surface area contributed by atoms with E-state index < -0.39 is 0 Å². The van der Waals surface area contributed by atoms with Gasteiger partial charge < -0.3 is 9.88 Å². The second-order valence-electron chi connectivity index (χ2n) is 6.75. The number of imidazole rings is 1. The highest BCUT2D eigenvalue weighted by Gasteiger charge is 2.31. The van der Waals surface area contributed by atoms with Crippen LogP contribution in [0.4, 0.5) is 0 Å². The molecule has 3 nitrogen and oxygen atoms in total. The van der Waals surface area contributed by atoms with E-state index in [1.807, 2.05) is 6.20 Å². The van der Waals surface area contributed by atoms with E-state index in [9.17, 15) is 0 Å². The molecule has 2 rings (SSSR count). The van der Waals surface area contributed by atoms with Crippen LogP contribution in [0.15, 0.2) is 12.4 Å². The summed E-state index contributed by atoms with van der Waals surface area (Å²) in [7, 11) is 2.11. The maximum Gasteiger partial charge on any atom is 0.125 e. The van der Waals surface area contributed by atoms with E-state index in [2.05, 4.69) is 48.9 Å². The Bertz CT molecular complexity index is 389. The molecule has 0 spiro atoms. The normalized spacial score (nSPS) is 25.1. The third-order valence-corrected chi connectivity index (χ3v) is 4.98. The van der Waals surface area contributed by atoms with E-state index in [0.717, 1.165) is 24.3 Å². The van der Waals surface area contributed by atoms with Gasteiger partial charge in [0.25, 0.3) is 0 Å². The van der Waals surface area contributed by atoms with Crippen LogP contribution in [-0.4, -0.2) is 16.1 Å². The third kappa shape index (κ3) is 3.63. The minimum Gasteiger partial charge on any atom is -0.337 e. The van der Waals surface area contributed by atoms with Crippen LogP contribution in [0.1, 0.15) is 64.7 Å². The molecular formula is C17H31N3. The van der Waals surface area contributed by atoms with Gasteiger partial charge in [0.1, 0.15) is 5.82 Å². The molecule has 1 heterocycles. The van der Waals surface area contributed by atoms with E-state index in [0.29, 0.717) is 6.04 Å². The fraction of sp³-hybridized carbons (Fsp3) is 0.824. The second-order valence-corrected chi connectivity index (χ2v) is 6.75. The number of nitrogens with one attached hydrogen (secondary N) is 1. The zero-order valence-electron chi connectivity index (χ0n) is 13.6. The lowest BCUT2D eigenvalue weighted by Crippen LogP contribution is -2.34. The molecule has 114 valence electrons. The van der Waals surface area contributed by atoms with Crippen LogP contribution in [0.5, 0.6) is 0 Å². The molecule has 0 amide bonds. The van der Waals surface area contributed by atoms with Gasteiger partial charge in [0.15, 0.2) is 0 Å². The summed E-state index contributed by atoms with van der Waals surface area (Å²) in [5.74, 6) is 3.73. The van der Waals surface area contributed by atoms with Crippen molar-refractivity contribution in [2.45, 2.75) is 58.9 Å². The molecule has 1 unspecified atom stereocenters. The summed E-state index contributed by atoms with van der Waals surface area (Å²) >= 11 is 0. The number of rotatable bonds is 6. The summed E-state index contributed by atoms with van der Waals surface area (Å²) in [6.07, 6.45) is 10.6. The second kappa shape index (κ2) is 7.26. The Morgan fingerprint density at radius 3 is 2.40 bits per heavy atom. The van der Waals surface area contributed by atoms with Gasteiger partial charge in [-0.25, -0.2) is 4.98 Å². The van der Waals surface area contributed by atoms with Gasteiger partial charge in [-0.05, 0) is 56.4 Å². The number of aromatic nitrogens is 2. The third-order valence-electron chi connectivity index (χ3n) is 4.98. The number of aryl methyl sites for hydroxylation is 1. The van der Waals surface area contributed by atoms with Crippen molar-refractivity contribution < 1.29 is 0 Å². The van der Waals surface area contributed by atoms with Crippen LogP contribution in [-0.2, 0) is 7.05 Å². The van der Waals surface area contributed by atoms with E-state index in [1.165, 1.54) is 37.9 Å². The summed E-state index contributed by atoms with van der Waals surface area (Å²) in [4.78, 5) is 4.60. The molecule has 1 aliphatic carbocycles. The molecule has 1 fully saturated rings. The van der Waals surface area contributed by atoms with Gasteiger partial charge in [-0.15, -0.1) is 0 Å². The fourth-order valence-electron chi connectivity index (χ4n) is 3.59. The quantitative estimate of drug-likeness (QED) is 0.854. The summed E-state index contributed by atoms with van der Waals surface area (Å²) in [5, 5.41) is 3.74. The zero-order valence-corrected chi connectivity index (χ0v) is 13.6. The number of nitrogens with zero attached hydrogens (tertiary/aromatic N) is 2. The molecule has 3 heteroatoms. The van der Waals surface area contributed by atoms with E-state index in [-0.39, 0.29) is 0 Å². The highest BCUT2D eigenvalue weighted by atomic mass is 15.1. The summed E-state index contributed by atoms with van der Waals surface area (Å²) in [6, 6.07) is 0.433. The fourth-order valence-corrected chi connectivity index (χ4v) is 3.59. The summed E-state index contributed by atoms with van der Waals surface area (Å²) in [6.45, 7) is 8.06. The highest BCUT2D eigenvalue weighted by Crippen LogP contribution is 2.38. The first kappa shape index (κ1) is 15.6. The SMILES string of the molecule is CCCNC(c1nccn1C)C1CCC(C(C)C)CC1. The molecule has 0 radical (unpaired) electrons. The Kier molecular flexibility index (Phi) is 5.64. The van der Waals surface area contributed by atoms with Crippen molar-refractivity contribution in [1.29, 1.82) is 0 Å². The molecule has 1 aromatic heterocycles. The van der Waals surface area contributed by atoms with Crippen molar-refractivity contribution in [1.82, 2.24) is 14.9 Å². The molecule has 0 bridgehead atoms. The topological polar surface area (TPSA) is 29.9 Å². The Balaban J connectivity index is 2.03. The first-order valence-corrected chi connectivity index (χ1v) is 8.34. The minimum absolute atomic E-state index is 0.433. The van der Waals surface area contributed by atoms with E-state index in [4.69, 9.17) is 0 Å². The molecule has 0 aromatic carbocycles. The Morgan fingerprint density at radius 2 is 1.90 bits per heavy atom. The van der Waals surface area contributed by atoms with Gasteiger partial charge in [-0.3, -0.25) is 0 Å². The highest BCUT2D eigenvalue weighted by molar-refractivity contribution is 5.02. The van der Waals surface area contributed by atoms with Crippen molar-refractivity contribution in [3.63, 3.8) is 0 Å². The predicted octanol–water partition coefficient (Wildman–Crippen LogP) is 3.92. The molecule has 1 N–H and O–H groups in total. The van der Waals surface area contributed by atoms with Crippen LogP contribution in [0.25, 0.3) is 0 Å². The van der Waals surface area contributed by atoms with Crippen LogP contribution in [0.3, 0.4) is 0 Å². The largest absolute Gasteiger partial charge is 0.337 e. The number of hydrogen-bond donors (Lipinski definition) is 1. The van der Waals surface area contributed by atoms with Crippen molar-refractivity contribution in [3.8, 4) is 0 Å². The van der Waals surface area contributed by atoms with Crippen molar-refractivity contribution in [2.24, 2.45) is 24.8 Å². The van der Waals surface area contributed by atoms with Gasteiger partial charge in [0.2, 0.25) is 0 Å². The molecule has 1 aliphatic rings. The first-order valence-electron chi connectivity index (χ1n) is 8.34. The van der Waals surface area contributed by atoms with E-state index in [1.54, 1.807) is 0 Å². The minimum atomic E-state index is 0.433. The standard InChI is InChI=1S/C17H31N3/c1-5-10-18-16(17-19-11-12-20(17)4)15-8-6-14(7-9-15)13(2)3/h11-16,18H,5-10H2,1-4H3. The van der Waals surface area contributed by atoms with Crippen LogP contribution >= 0.6 is 0 Å². The Hall–Kier alpha value is -0.830. The maximum absolute atomic E-state index is 4.60. The molecule has 0 saturated heterocycles. The van der Waals surface area contributed by atoms with Gasteiger partial charge in [-0.2, -0.15) is 0 Å². The van der Waals surface area contributed by atoms with Crippen LogP contribution in [0.2, 0.25) is 0 Å². The Labute approximate surface area is 124 Å². The Morgan fingerprint density at radius 1 is 1.25 bits per heavy atom. The van der Waals surface area contributed by atoms with Gasteiger partial charge in [-0.1, -0.05) is 20.8 Å². The molecule has 20 heavy (non-hydrogen) atoms. The maximum atomic E-state index is 4.60. The summed E-state index contributed by atoms with van der Waals surface area (Å²) < 4.78 is 2.18. The lowest BCUT2D eigenvalue weighted by Gasteiger charge is -2.35. The van der Waals surface area contributed by atoms with Gasteiger partial charge in [0.05, 0.1) is 6.04 Å². The van der Waals surface area contributed by atoms with Gasteiger partial charge >= 0.3 is 0 Å². The lowest BCUT2D eigenvalue weighted by molar-refractivity contribution is 0.184. The van der Waals surface area contributed by atoms with Crippen molar-refractivity contribution in [2.75, 3.05) is 6.54 Å². The molecular weight excluding hydrogens is 246 g/mol. The van der Waals surface area contributed by atoms with Crippen molar-refractivity contribution in [3.05, 3.63) is 18.2 Å². The predicted molar refractivity (Wildman–Crippen MR) is 84.5 cm³/mol. The average molecular weight is 277 g/mol. The monoisotopic (exact) mass is 277 g/mol. The summed E-state index contributed by atoms with van der Waals surface area (Å²) in [5.41, 5.74) is 0.